The lowest BCUT2D eigenvalue weighted by Gasteiger charge is -2.33. The molecule has 4 heterocycles. The SMILES string of the molecule is CCC(NC)/C(=C\C(C)c1cccs1)N(C)C(=O)C1=CCC(N2CCCC2CCN2CCCC2)N=C1. The molecule has 0 aliphatic carbocycles. The molecule has 4 rings (SSSR count). The van der Waals surface area contributed by atoms with Crippen molar-refractivity contribution in [1.29, 1.82) is 0 Å². The molecule has 1 N–H and O–H groups in total. The summed E-state index contributed by atoms with van der Waals surface area (Å²) in [5, 5.41) is 5.51. The summed E-state index contributed by atoms with van der Waals surface area (Å²) >= 11 is 1.76. The fraction of sp³-hybridized carbons (Fsp3) is 0.655. The largest absolute Gasteiger partial charge is 0.314 e. The summed E-state index contributed by atoms with van der Waals surface area (Å²) in [7, 11) is 3.88. The first-order valence-electron chi connectivity index (χ1n) is 13.9. The Kier molecular flexibility index (Phi) is 9.94. The van der Waals surface area contributed by atoms with Gasteiger partial charge in [0.1, 0.15) is 6.17 Å². The van der Waals surface area contributed by atoms with Crippen LogP contribution in [0.2, 0.25) is 0 Å². The molecule has 4 unspecified atom stereocenters. The van der Waals surface area contributed by atoms with Gasteiger partial charge in [0.25, 0.3) is 5.91 Å². The molecule has 7 heteroatoms. The predicted octanol–water partition coefficient (Wildman–Crippen LogP) is 4.87. The molecule has 4 atom stereocenters. The maximum atomic E-state index is 13.6. The third kappa shape index (κ3) is 6.55. The Morgan fingerprint density at radius 1 is 1.31 bits per heavy atom. The van der Waals surface area contributed by atoms with Crippen LogP contribution in [0.5, 0.6) is 0 Å². The van der Waals surface area contributed by atoms with Crippen molar-refractivity contribution in [3.05, 3.63) is 45.8 Å². The van der Waals surface area contributed by atoms with Crippen LogP contribution in [0, 0.1) is 0 Å². The second-order valence-electron chi connectivity index (χ2n) is 10.5. The van der Waals surface area contributed by atoms with Gasteiger partial charge >= 0.3 is 0 Å². The number of carbonyl (C=O) groups is 1. The molecule has 2 fully saturated rings. The molecule has 0 spiro atoms. The molecule has 198 valence electrons. The molecule has 36 heavy (non-hydrogen) atoms. The predicted molar refractivity (Wildman–Crippen MR) is 152 cm³/mol. The average molecular weight is 512 g/mol. The van der Waals surface area contributed by atoms with E-state index in [1.807, 2.05) is 25.2 Å². The molecule has 0 saturated carbocycles. The fourth-order valence-corrected chi connectivity index (χ4v) is 6.75. The summed E-state index contributed by atoms with van der Waals surface area (Å²) in [6, 6.07) is 5.00. The molecule has 0 bridgehead atoms. The molecule has 0 aromatic carbocycles. The van der Waals surface area contributed by atoms with E-state index in [0.29, 0.717) is 11.6 Å². The normalized spacial score (nSPS) is 25.2. The summed E-state index contributed by atoms with van der Waals surface area (Å²) in [6.45, 7) is 9.23. The van der Waals surface area contributed by atoms with Gasteiger partial charge in [-0.1, -0.05) is 32.1 Å². The first kappa shape index (κ1) is 27.2. The van der Waals surface area contributed by atoms with E-state index in [0.717, 1.165) is 25.1 Å². The Hall–Kier alpha value is -1.80. The number of dihydropyridines is 1. The van der Waals surface area contributed by atoms with Gasteiger partial charge in [-0.15, -0.1) is 11.3 Å². The number of amides is 1. The Bertz CT molecular complexity index is 929. The second-order valence-corrected chi connectivity index (χ2v) is 11.5. The number of aliphatic imine (C=N–C) groups is 1. The van der Waals surface area contributed by atoms with E-state index in [2.05, 4.69) is 58.6 Å². The number of nitrogens with zero attached hydrogens (tertiary/aromatic N) is 4. The number of hydrogen-bond donors (Lipinski definition) is 1. The van der Waals surface area contributed by atoms with Crippen molar-refractivity contribution in [3.8, 4) is 0 Å². The first-order chi connectivity index (χ1) is 17.5. The number of likely N-dealkylation sites (N-methyl/N-ethyl adjacent to an activating group) is 2. The first-order valence-corrected chi connectivity index (χ1v) is 14.8. The van der Waals surface area contributed by atoms with Gasteiger partial charge in [0, 0.05) is 54.8 Å². The van der Waals surface area contributed by atoms with Gasteiger partial charge in [-0.3, -0.25) is 14.7 Å². The van der Waals surface area contributed by atoms with E-state index in [4.69, 9.17) is 4.99 Å². The van der Waals surface area contributed by atoms with E-state index in [1.165, 1.54) is 56.6 Å². The van der Waals surface area contributed by atoms with Gasteiger partial charge in [-0.25, -0.2) is 0 Å². The van der Waals surface area contributed by atoms with Crippen molar-refractivity contribution >= 4 is 23.5 Å². The molecule has 6 nitrogen and oxygen atoms in total. The topological polar surface area (TPSA) is 51.2 Å². The maximum Gasteiger partial charge on any atom is 0.259 e. The van der Waals surface area contributed by atoms with Crippen LogP contribution in [0.15, 0.2) is 45.9 Å². The van der Waals surface area contributed by atoms with Crippen LogP contribution in [0.3, 0.4) is 0 Å². The molecular formula is C29H45N5OS. The highest BCUT2D eigenvalue weighted by molar-refractivity contribution is 7.10. The van der Waals surface area contributed by atoms with Gasteiger partial charge in [-0.05, 0) is 76.7 Å². The fourth-order valence-electron chi connectivity index (χ4n) is 6.00. The second kappa shape index (κ2) is 13.1. The standard InChI is InChI=1S/C29H45N5OS/c1-5-25(30-3)26(20-22(2)27-11-9-19-36-27)32(4)29(35)23-12-13-28(31-21-23)34-17-8-10-24(34)14-18-33-15-6-7-16-33/h9,11-12,19-22,24-25,28,30H,5-8,10,13-18H2,1-4H3/b26-20+. The van der Waals surface area contributed by atoms with Crippen molar-refractivity contribution in [2.24, 2.45) is 4.99 Å². The van der Waals surface area contributed by atoms with Gasteiger partial charge in [0.05, 0.1) is 5.57 Å². The Morgan fingerprint density at radius 3 is 2.75 bits per heavy atom. The quantitative estimate of drug-likeness (QED) is 0.461. The lowest BCUT2D eigenvalue weighted by Crippen LogP contribution is -2.42. The lowest BCUT2D eigenvalue weighted by atomic mass is 10.0. The van der Waals surface area contributed by atoms with Crippen LogP contribution in [0.1, 0.15) is 69.6 Å². The highest BCUT2D eigenvalue weighted by atomic mass is 32.1. The molecule has 1 aromatic rings. The molecule has 3 aliphatic heterocycles. The van der Waals surface area contributed by atoms with Crippen molar-refractivity contribution in [3.63, 3.8) is 0 Å². The van der Waals surface area contributed by atoms with Crippen molar-refractivity contribution in [2.45, 2.75) is 83.0 Å². The molecule has 1 aromatic heterocycles. The summed E-state index contributed by atoms with van der Waals surface area (Å²) in [5.74, 6) is 0.284. The van der Waals surface area contributed by atoms with Crippen molar-refractivity contribution in [2.75, 3.05) is 40.3 Å². The minimum absolute atomic E-state index is 0.0301. The lowest BCUT2D eigenvalue weighted by molar-refractivity contribution is -0.124. The van der Waals surface area contributed by atoms with Crippen molar-refractivity contribution in [1.82, 2.24) is 20.0 Å². The van der Waals surface area contributed by atoms with Crippen LogP contribution in [0.25, 0.3) is 0 Å². The number of rotatable bonds is 11. The van der Waals surface area contributed by atoms with E-state index in [1.54, 1.807) is 11.3 Å². The Morgan fingerprint density at radius 2 is 2.11 bits per heavy atom. The molecule has 0 radical (unpaired) electrons. The van der Waals surface area contributed by atoms with Crippen LogP contribution in [-0.4, -0.2) is 85.3 Å². The summed E-state index contributed by atoms with van der Waals surface area (Å²) in [4.78, 5) is 26.8. The van der Waals surface area contributed by atoms with Crippen LogP contribution in [-0.2, 0) is 4.79 Å². The number of carbonyl (C=O) groups excluding carboxylic acids is 1. The Labute approximate surface area is 222 Å². The average Bonchev–Trinajstić information content (AvgIpc) is 3.69. The van der Waals surface area contributed by atoms with Crippen molar-refractivity contribution < 1.29 is 4.79 Å². The zero-order chi connectivity index (χ0) is 25.5. The molecular weight excluding hydrogens is 466 g/mol. The van der Waals surface area contributed by atoms with Gasteiger partial charge in [0.2, 0.25) is 0 Å². The number of nitrogens with one attached hydrogen (secondary N) is 1. The number of hydrogen-bond acceptors (Lipinski definition) is 6. The Balaban J connectivity index is 1.40. The van der Waals surface area contributed by atoms with E-state index in [9.17, 15) is 4.79 Å². The summed E-state index contributed by atoms with van der Waals surface area (Å²) in [5.41, 5.74) is 1.74. The molecule has 2 saturated heterocycles. The highest BCUT2D eigenvalue weighted by Crippen LogP contribution is 2.29. The van der Waals surface area contributed by atoms with Gasteiger partial charge in [0.15, 0.2) is 0 Å². The number of likely N-dealkylation sites (tertiary alicyclic amines) is 2. The minimum Gasteiger partial charge on any atom is -0.314 e. The van der Waals surface area contributed by atoms with E-state index in [-0.39, 0.29) is 24.0 Å². The zero-order valence-corrected chi connectivity index (χ0v) is 23.5. The monoisotopic (exact) mass is 511 g/mol. The zero-order valence-electron chi connectivity index (χ0n) is 22.7. The van der Waals surface area contributed by atoms with E-state index < -0.39 is 0 Å². The van der Waals surface area contributed by atoms with Crippen LogP contribution >= 0.6 is 11.3 Å². The molecule has 3 aliphatic rings. The minimum atomic E-state index is 0.0301. The highest BCUT2D eigenvalue weighted by Gasteiger charge is 2.32. The third-order valence-electron chi connectivity index (χ3n) is 8.18. The smallest absolute Gasteiger partial charge is 0.259 e. The van der Waals surface area contributed by atoms with Crippen LogP contribution < -0.4 is 5.32 Å². The summed E-state index contributed by atoms with van der Waals surface area (Å²) in [6.07, 6.45) is 14.6. The van der Waals surface area contributed by atoms with Crippen LogP contribution in [0.4, 0.5) is 0 Å². The number of allylic oxidation sites excluding steroid dienone is 1. The summed E-state index contributed by atoms with van der Waals surface area (Å²) < 4.78 is 0. The van der Waals surface area contributed by atoms with E-state index >= 15 is 0 Å². The van der Waals surface area contributed by atoms with Gasteiger partial charge < -0.3 is 15.1 Å². The third-order valence-corrected chi connectivity index (χ3v) is 9.26. The maximum absolute atomic E-state index is 13.6. The molecule has 1 amide bonds. The van der Waals surface area contributed by atoms with Gasteiger partial charge in [-0.2, -0.15) is 0 Å². The number of thiophene rings is 1.